The van der Waals surface area contributed by atoms with Crippen molar-refractivity contribution in [3.8, 4) is 0 Å². The van der Waals surface area contributed by atoms with Gasteiger partial charge in [0.2, 0.25) is 0 Å². The minimum absolute atomic E-state index is 0.230. The van der Waals surface area contributed by atoms with Crippen LogP contribution in [0.4, 0.5) is 0 Å². The summed E-state index contributed by atoms with van der Waals surface area (Å²) in [7, 11) is 0. The average molecular weight is 248 g/mol. The van der Waals surface area contributed by atoms with E-state index in [1.165, 1.54) is 36.0 Å². The van der Waals surface area contributed by atoms with Crippen molar-refractivity contribution in [3.05, 3.63) is 34.9 Å². The molecule has 0 aliphatic rings. The Kier molecular flexibility index (Phi) is 5.87. The van der Waals surface area contributed by atoms with E-state index in [9.17, 15) is 0 Å². The van der Waals surface area contributed by atoms with Gasteiger partial charge in [-0.15, -0.1) is 0 Å². The molecule has 0 unspecified atom stereocenters. The maximum absolute atomic E-state index is 8.77. The molecule has 18 heavy (non-hydrogen) atoms. The highest BCUT2D eigenvalue weighted by Gasteiger charge is 2.17. The molecule has 1 heteroatoms. The van der Waals surface area contributed by atoms with Crippen LogP contribution in [0.15, 0.2) is 18.2 Å². The molecule has 102 valence electrons. The van der Waals surface area contributed by atoms with Crippen LogP contribution in [0.5, 0.6) is 0 Å². The Labute approximate surface area is 112 Å². The maximum atomic E-state index is 8.77. The second-order valence-corrected chi connectivity index (χ2v) is 6.30. The molecule has 1 aromatic carbocycles. The van der Waals surface area contributed by atoms with Gasteiger partial charge in [0, 0.05) is 6.61 Å². The third-order valence-electron chi connectivity index (χ3n) is 3.42. The Bertz CT molecular complexity index is 360. The highest BCUT2D eigenvalue weighted by atomic mass is 16.2. The normalized spacial score (nSPS) is 11.8. The molecule has 0 atom stereocenters. The molecule has 0 saturated carbocycles. The lowest BCUT2D eigenvalue weighted by Crippen LogP contribution is -2.14. The summed E-state index contributed by atoms with van der Waals surface area (Å²) < 4.78 is 0. The van der Waals surface area contributed by atoms with Gasteiger partial charge in [-0.1, -0.05) is 57.4 Å². The van der Waals surface area contributed by atoms with Gasteiger partial charge in [-0.2, -0.15) is 0 Å². The van der Waals surface area contributed by atoms with Crippen LogP contribution in [-0.4, -0.2) is 11.7 Å². The van der Waals surface area contributed by atoms with Crippen molar-refractivity contribution in [1.29, 1.82) is 0 Å². The topological polar surface area (TPSA) is 20.2 Å². The summed E-state index contributed by atoms with van der Waals surface area (Å²) in [6, 6.07) is 6.85. The van der Waals surface area contributed by atoms with Crippen LogP contribution in [0.1, 0.15) is 63.1 Å². The van der Waals surface area contributed by atoms with Crippen molar-refractivity contribution in [2.75, 3.05) is 6.61 Å². The number of unbranched alkanes of at least 4 members (excludes halogenated alkanes) is 3. The average Bonchev–Trinajstić information content (AvgIpc) is 2.27. The second-order valence-electron chi connectivity index (χ2n) is 6.30. The molecule has 0 heterocycles. The van der Waals surface area contributed by atoms with Gasteiger partial charge >= 0.3 is 0 Å². The van der Waals surface area contributed by atoms with Crippen LogP contribution in [0, 0.1) is 6.92 Å². The standard InChI is InChI=1S/C17H28O/c1-14-10-11-16(17(2,3)4)15(13-14)9-7-5-6-8-12-18/h10-11,13,18H,5-9,12H2,1-4H3. The summed E-state index contributed by atoms with van der Waals surface area (Å²) in [5.74, 6) is 0. The first-order chi connectivity index (χ1) is 8.45. The summed E-state index contributed by atoms with van der Waals surface area (Å²) >= 11 is 0. The summed E-state index contributed by atoms with van der Waals surface area (Å²) in [5, 5.41) is 8.77. The largest absolute Gasteiger partial charge is 0.396 e. The molecule has 0 aromatic heterocycles. The highest BCUT2D eigenvalue weighted by molar-refractivity contribution is 5.36. The van der Waals surface area contributed by atoms with Gasteiger partial charge in [0.1, 0.15) is 0 Å². The van der Waals surface area contributed by atoms with E-state index < -0.39 is 0 Å². The van der Waals surface area contributed by atoms with Crippen LogP contribution in [-0.2, 0) is 11.8 Å². The van der Waals surface area contributed by atoms with Crippen LogP contribution < -0.4 is 0 Å². The molecule has 0 aliphatic carbocycles. The predicted molar refractivity (Wildman–Crippen MR) is 79.1 cm³/mol. The fraction of sp³-hybridized carbons (Fsp3) is 0.647. The zero-order valence-electron chi connectivity index (χ0n) is 12.4. The Hall–Kier alpha value is -0.820. The summed E-state index contributed by atoms with van der Waals surface area (Å²) in [5.41, 5.74) is 4.57. The first kappa shape index (κ1) is 15.2. The monoisotopic (exact) mass is 248 g/mol. The van der Waals surface area contributed by atoms with Crippen molar-refractivity contribution in [3.63, 3.8) is 0 Å². The van der Waals surface area contributed by atoms with Gasteiger partial charge in [-0.25, -0.2) is 0 Å². The first-order valence-corrected chi connectivity index (χ1v) is 7.16. The molecule has 0 bridgehead atoms. The molecular formula is C17H28O. The molecular weight excluding hydrogens is 220 g/mol. The molecule has 0 radical (unpaired) electrons. The summed E-state index contributed by atoms with van der Waals surface area (Å²) in [4.78, 5) is 0. The molecule has 1 aromatic rings. The molecule has 1 N–H and O–H groups in total. The third-order valence-corrected chi connectivity index (χ3v) is 3.42. The van der Waals surface area contributed by atoms with Gasteiger partial charge in [0.15, 0.2) is 0 Å². The molecule has 0 fully saturated rings. The van der Waals surface area contributed by atoms with Crippen LogP contribution in [0.3, 0.4) is 0 Å². The lowest BCUT2D eigenvalue weighted by molar-refractivity contribution is 0.282. The van der Waals surface area contributed by atoms with E-state index >= 15 is 0 Å². The maximum Gasteiger partial charge on any atom is 0.0431 e. The highest BCUT2D eigenvalue weighted by Crippen LogP contribution is 2.27. The lowest BCUT2D eigenvalue weighted by atomic mass is 9.82. The third kappa shape index (κ3) is 4.81. The van der Waals surface area contributed by atoms with Crippen molar-refractivity contribution in [2.24, 2.45) is 0 Å². The lowest BCUT2D eigenvalue weighted by Gasteiger charge is -2.23. The Morgan fingerprint density at radius 1 is 1.00 bits per heavy atom. The van der Waals surface area contributed by atoms with E-state index in [1.54, 1.807) is 0 Å². The smallest absolute Gasteiger partial charge is 0.0431 e. The Morgan fingerprint density at radius 2 is 1.67 bits per heavy atom. The Morgan fingerprint density at radius 3 is 2.28 bits per heavy atom. The van der Waals surface area contributed by atoms with E-state index in [0.29, 0.717) is 6.61 Å². The van der Waals surface area contributed by atoms with Crippen molar-refractivity contribution in [2.45, 2.75) is 65.2 Å². The quantitative estimate of drug-likeness (QED) is 0.740. The van der Waals surface area contributed by atoms with E-state index in [4.69, 9.17) is 5.11 Å². The number of rotatable bonds is 6. The van der Waals surface area contributed by atoms with Gasteiger partial charge in [-0.3, -0.25) is 0 Å². The SMILES string of the molecule is Cc1ccc(C(C)(C)C)c(CCCCCCO)c1. The predicted octanol–water partition coefficient (Wildman–Crippen LogP) is 4.39. The van der Waals surface area contributed by atoms with E-state index in [-0.39, 0.29) is 5.41 Å². The van der Waals surface area contributed by atoms with E-state index in [2.05, 4.69) is 45.9 Å². The number of benzene rings is 1. The number of aliphatic hydroxyl groups excluding tert-OH is 1. The number of aliphatic hydroxyl groups is 1. The molecule has 0 spiro atoms. The van der Waals surface area contributed by atoms with Gasteiger partial charge in [-0.05, 0) is 42.7 Å². The van der Waals surface area contributed by atoms with Gasteiger partial charge in [0.25, 0.3) is 0 Å². The number of hydrogen-bond acceptors (Lipinski definition) is 1. The van der Waals surface area contributed by atoms with E-state index in [0.717, 1.165) is 12.8 Å². The zero-order valence-corrected chi connectivity index (χ0v) is 12.4. The van der Waals surface area contributed by atoms with Gasteiger partial charge < -0.3 is 5.11 Å². The van der Waals surface area contributed by atoms with Crippen molar-refractivity contribution >= 4 is 0 Å². The van der Waals surface area contributed by atoms with Crippen LogP contribution in [0.2, 0.25) is 0 Å². The minimum Gasteiger partial charge on any atom is -0.396 e. The molecule has 0 saturated heterocycles. The first-order valence-electron chi connectivity index (χ1n) is 7.16. The number of hydrogen-bond donors (Lipinski definition) is 1. The second kappa shape index (κ2) is 6.94. The molecule has 1 rings (SSSR count). The minimum atomic E-state index is 0.230. The molecule has 1 nitrogen and oxygen atoms in total. The zero-order chi connectivity index (χ0) is 13.6. The number of aryl methyl sites for hydroxylation is 2. The fourth-order valence-corrected chi connectivity index (χ4v) is 2.44. The summed E-state index contributed by atoms with van der Waals surface area (Å²) in [6.45, 7) is 9.35. The summed E-state index contributed by atoms with van der Waals surface area (Å²) in [6.07, 6.45) is 5.71. The molecule has 0 aliphatic heterocycles. The van der Waals surface area contributed by atoms with Gasteiger partial charge in [0.05, 0.1) is 0 Å². The van der Waals surface area contributed by atoms with Crippen molar-refractivity contribution in [1.82, 2.24) is 0 Å². The van der Waals surface area contributed by atoms with E-state index in [1.807, 2.05) is 0 Å². The van der Waals surface area contributed by atoms with Crippen LogP contribution >= 0.6 is 0 Å². The molecule has 0 amide bonds. The fourth-order valence-electron chi connectivity index (χ4n) is 2.44. The Balaban J connectivity index is 2.65. The van der Waals surface area contributed by atoms with Crippen molar-refractivity contribution < 1.29 is 5.11 Å². The van der Waals surface area contributed by atoms with Crippen LogP contribution in [0.25, 0.3) is 0 Å².